The minimum Gasteiger partial charge on any atom is -0.398 e. The summed E-state index contributed by atoms with van der Waals surface area (Å²) in [4.78, 5) is 1.74. The first-order chi connectivity index (χ1) is 11.1. The zero-order valence-corrected chi connectivity index (χ0v) is 16.6. The monoisotopic (exact) mass is 323 g/mol. The molecule has 0 aliphatic heterocycles. The van der Waals surface area contributed by atoms with Crippen LogP contribution in [0.15, 0.2) is 48.5 Å². The van der Waals surface area contributed by atoms with Crippen molar-refractivity contribution in [3.8, 4) is 0 Å². The Morgan fingerprint density at radius 1 is 0.625 bits per heavy atom. The first kappa shape index (κ1) is 20.3. The Morgan fingerprint density at radius 2 is 0.875 bits per heavy atom. The molecule has 0 saturated carbocycles. The summed E-state index contributed by atoms with van der Waals surface area (Å²) in [6.45, 7) is 17.3. The van der Waals surface area contributed by atoms with E-state index in [9.17, 15) is 0 Å². The molecule has 2 radical (unpaired) electrons. The van der Waals surface area contributed by atoms with E-state index in [0.29, 0.717) is 0 Å². The van der Waals surface area contributed by atoms with Crippen LogP contribution in [0.2, 0.25) is 0 Å². The number of hydrogen-bond acceptors (Lipinski definition) is 1. The lowest BCUT2D eigenvalue weighted by Crippen LogP contribution is -2.15. The Bertz CT molecular complexity index is 562. The predicted molar refractivity (Wildman–Crippen MR) is 112 cm³/mol. The average molecular weight is 323 g/mol. The lowest BCUT2D eigenvalue weighted by molar-refractivity contribution is 0.590. The van der Waals surface area contributed by atoms with Crippen LogP contribution in [0.5, 0.6) is 0 Å². The maximum Gasteiger partial charge on any atom is 0.234 e. The Kier molecular flexibility index (Phi) is 6.71. The van der Waals surface area contributed by atoms with Crippen LogP contribution in [0.25, 0.3) is 0 Å². The standard InChI is InChI=1S/C20H26BN.C2H6.H2/c1-19(2,3)15-7-11-17(12-8-15)22(21)18-13-9-16(10-14-18)20(4,5)6;1-2;/h7-14H,1-6H3;1-2H3;1H. The van der Waals surface area contributed by atoms with Crippen molar-refractivity contribution < 1.29 is 1.43 Å². The summed E-state index contributed by atoms with van der Waals surface area (Å²) in [7, 11) is 6.27. The van der Waals surface area contributed by atoms with Crippen LogP contribution < -0.4 is 4.81 Å². The minimum absolute atomic E-state index is 0. The molecule has 24 heavy (non-hydrogen) atoms. The zero-order valence-electron chi connectivity index (χ0n) is 16.6. The summed E-state index contributed by atoms with van der Waals surface area (Å²) in [5.41, 5.74) is 4.94. The van der Waals surface area contributed by atoms with E-state index in [1.165, 1.54) is 11.1 Å². The van der Waals surface area contributed by atoms with E-state index in [2.05, 4.69) is 90.1 Å². The molecule has 0 bridgehead atoms. The molecule has 0 saturated heterocycles. The Labute approximate surface area is 152 Å². The van der Waals surface area contributed by atoms with E-state index < -0.39 is 0 Å². The van der Waals surface area contributed by atoms with E-state index >= 15 is 0 Å². The van der Waals surface area contributed by atoms with Crippen LogP contribution in [0.4, 0.5) is 11.4 Å². The van der Waals surface area contributed by atoms with Gasteiger partial charge in [-0.2, -0.15) is 0 Å². The van der Waals surface area contributed by atoms with Gasteiger partial charge in [-0.3, -0.25) is 0 Å². The normalized spacial score (nSPS) is 11.5. The average Bonchev–Trinajstić information content (AvgIpc) is 2.55. The quantitative estimate of drug-likeness (QED) is 0.551. The third-order valence-electron chi connectivity index (χ3n) is 4.02. The van der Waals surface area contributed by atoms with Gasteiger partial charge in [0, 0.05) is 12.8 Å². The number of hydrogen-bond donors (Lipinski definition) is 0. The summed E-state index contributed by atoms with van der Waals surface area (Å²) in [6.07, 6.45) is 0. The molecule has 0 fully saturated rings. The third-order valence-corrected chi connectivity index (χ3v) is 4.02. The van der Waals surface area contributed by atoms with Gasteiger partial charge < -0.3 is 4.81 Å². The number of nitrogens with zero attached hydrogens (tertiary/aromatic N) is 1. The molecule has 0 N–H and O–H groups in total. The van der Waals surface area contributed by atoms with Crippen molar-refractivity contribution in [1.29, 1.82) is 0 Å². The molecular formula is C22H34BN. The molecule has 1 nitrogen and oxygen atoms in total. The Morgan fingerprint density at radius 3 is 1.08 bits per heavy atom. The van der Waals surface area contributed by atoms with Gasteiger partial charge in [0.15, 0.2) is 0 Å². The van der Waals surface area contributed by atoms with E-state index in [1.807, 2.05) is 13.8 Å². The third kappa shape index (κ3) is 5.16. The smallest absolute Gasteiger partial charge is 0.234 e. The summed E-state index contributed by atoms with van der Waals surface area (Å²) in [5, 5.41) is 0. The van der Waals surface area contributed by atoms with Gasteiger partial charge in [0.25, 0.3) is 0 Å². The van der Waals surface area contributed by atoms with E-state index in [4.69, 9.17) is 7.98 Å². The van der Waals surface area contributed by atoms with Crippen molar-refractivity contribution in [1.82, 2.24) is 0 Å². The number of rotatable bonds is 2. The van der Waals surface area contributed by atoms with Gasteiger partial charge >= 0.3 is 0 Å². The van der Waals surface area contributed by atoms with Crippen LogP contribution in [0, 0.1) is 0 Å². The van der Waals surface area contributed by atoms with E-state index in [-0.39, 0.29) is 12.3 Å². The molecule has 2 aromatic rings. The van der Waals surface area contributed by atoms with Crippen LogP contribution in [-0.4, -0.2) is 7.98 Å². The first-order valence-electron chi connectivity index (χ1n) is 8.85. The molecule has 130 valence electrons. The van der Waals surface area contributed by atoms with E-state index in [1.54, 1.807) is 4.81 Å². The molecule has 0 aromatic heterocycles. The van der Waals surface area contributed by atoms with E-state index in [0.717, 1.165) is 11.4 Å². The summed E-state index contributed by atoms with van der Waals surface area (Å²) in [6, 6.07) is 16.9. The van der Waals surface area contributed by atoms with Crippen LogP contribution in [0.3, 0.4) is 0 Å². The van der Waals surface area contributed by atoms with Gasteiger partial charge in [0.05, 0.1) is 0 Å². The van der Waals surface area contributed by atoms with Gasteiger partial charge in [-0.1, -0.05) is 79.7 Å². The molecule has 2 rings (SSSR count). The Balaban J connectivity index is 0.00000185. The second-order valence-corrected chi connectivity index (χ2v) is 7.96. The highest BCUT2D eigenvalue weighted by Crippen LogP contribution is 2.29. The second-order valence-electron chi connectivity index (χ2n) is 7.96. The Hall–Kier alpha value is -1.70. The highest BCUT2D eigenvalue weighted by Gasteiger charge is 2.15. The zero-order chi connectivity index (χ0) is 18.5. The second kappa shape index (κ2) is 7.92. The van der Waals surface area contributed by atoms with Crippen LogP contribution in [0.1, 0.15) is 67.9 Å². The van der Waals surface area contributed by atoms with Crippen molar-refractivity contribution in [2.24, 2.45) is 0 Å². The van der Waals surface area contributed by atoms with Crippen molar-refractivity contribution in [2.75, 3.05) is 4.81 Å². The molecule has 2 heteroatoms. The van der Waals surface area contributed by atoms with Crippen molar-refractivity contribution >= 4 is 19.4 Å². The van der Waals surface area contributed by atoms with Crippen molar-refractivity contribution in [2.45, 2.75) is 66.2 Å². The van der Waals surface area contributed by atoms with Gasteiger partial charge in [0.1, 0.15) is 0 Å². The van der Waals surface area contributed by atoms with Crippen LogP contribution in [-0.2, 0) is 10.8 Å². The summed E-state index contributed by atoms with van der Waals surface area (Å²) >= 11 is 0. The molecule has 0 heterocycles. The summed E-state index contributed by atoms with van der Waals surface area (Å²) in [5.74, 6) is 0. The molecule has 0 amide bonds. The van der Waals surface area contributed by atoms with Gasteiger partial charge in [0.2, 0.25) is 7.98 Å². The largest absolute Gasteiger partial charge is 0.398 e. The SMILES string of the molecule is CC.[B]N(c1ccc(C(C)(C)C)cc1)c1ccc(C(C)(C)C)cc1.[HH]. The van der Waals surface area contributed by atoms with Gasteiger partial charge in [-0.25, -0.2) is 0 Å². The lowest BCUT2D eigenvalue weighted by atomic mass is 9.86. The highest BCUT2D eigenvalue weighted by atomic mass is 15.0. The first-order valence-corrected chi connectivity index (χ1v) is 8.85. The minimum atomic E-state index is 0. The fourth-order valence-electron chi connectivity index (χ4n) is 2.39. The molecular weight excluding hydrogens is 289 g/mol. The van der Waals surface area contributed by atoms with Gasteiger partial charge in [-0.15, -0.1) is 0 Å². The highest BCUT2D eigenvalue weighted by molar-refractivity contribution is 6.22. The molecule has 0 unspecified atom stereocenters. The predicted octanol–water partition coefficient (Wildman–Crippen LogP) is 6.78. The maximum atomic E-state index is 6.27. The molecule has 0 atom stereocenters. The van der Waals surface area contributed by atoms with Crippen LogP contribution >= 0.6 is 0 Å². The number of anilines is 2. The lowest BCUT2D eigenvalue weighted by Gasteiger charge is -2.25. The summed E-state index contributed by atoms with van der Waals surface area (Å²) < 4.78 is 0. The van der Waals surface area contributed by atoms with Crippen molar-refractivity contribution in [3.63, 3.8) is 0 Å². The molecule has 0 aliphatic carbocycles. The maximum absolute atomic E-state index is 6.27. The molecule has 0 aliphatic rings. The molecule has 2 aromatic carbocycles. The fourth-order valence-corrected chi connectivity index (χ4v) is 2.39. The van der Waals surface area contributed by atoms with Gasteiger partial charge in [-0.05, 0) is 46.2 Å². The molecule has 0 spiro atoms. The number of benzene rings is 2. The fraction of sp³-hybridized carbons (Fsp3) is 0.455. The topological polar surface area (TPSA) is 3.24 Å². The van der Waals surface area contributed by atoms with Crippen molar-refractivity contribution in [3.05, 3.63) is 59.7 Å².